The van der Waals surface area contributed by atoms with Crippen LogP contribution in [0.25, 0.3) is 5.32 Å². The van der Waals surface area contributed by atoms with Gasteiger partial charge in [-0.3, -0.25) is 4.79 Å². The van der Waals surface area contributed by atoms with Gasteiger partial charge in [-0.1, -0.05) is 24.1 Å². The van der Waals surface area contributed by atoms with Crippen LogP contribution in [0.15, 0.2) is 54.6 Å². The molecule has 2 aromatic carbocycles. The van der Waals surface area contributed by atoms with E-state index in [1.807, 2.05) is 30.3 Å². The molecule has 5 nitrogen and oxygen atoms in total. The van der Waals surface area contributed by atoms with Crippen LogP contribution in [0.2, 0.25) is 0 Å². The fourth-order valence-corrected chi connectivity index (χ4v) is 1.80. The van der Waals surface area contributed by atoms with Gasteiger partial charge in [0.05, 0.1) is 5.56 Å². The zero-order valence-electron chi connectivity index (χ0n) is 13.8. The summed E-state index contributed by atoms with van der Waals surface area (Å²) in [6.45, 7) is 1.17. The van der Waals surface area contributed by atoms with Crippen molar-refractivity contribution >= 4 is 11.9 Å². The Bertz CT molecular complexity index is 576. The Morgan fingerprint density at radius 2 is 1.60 bits per heavy atom. The molecule has 0 aliphatic rings. The Hall–Kier alpha value is -1.97. The summed E-state index contributed by atoms with van der Waals surface area (Å²) >= 11 is 0. The van der Waals surface area contributed by atoms with E-state index in [0.717, 1.165) is 12.0 Å². The van der Waals surface area contributed by atoms with Crippen molar-refractivity contribution in [3.63, 3.8) is 0 Å². The van der Waals surface area contributed by atoms with Crippen molar-refractivity contribution < 1.29 is 40.9 Å². The van der Waals surface area contributed by atoms with Crippen LogP contribution in [0.4, 0.5) is 0 Å². The molecule has 0 aliphatic carbocycles. The first-order valence-corrected chi connectivity index (χ1v) is 7.68. The average molecular weight is 511 g/mol. The molecule has 0 amide bonds. The van der Waals surface area contributed by atoms with Gasteiger partial charge < -0.3 is 15.5 Å². The van der Waals surface area contributed by atoms with E-state index in [0.29, 0.717) is 19.5 Å². The van der Waals surface area contributed by atoms with Crippen molar-refractivity contribution in [2.45, 2.75) is 25.8 Å². The van der Waals surface area contributed by atoms with E-state index in [9.17, 15) is 9.59 Å². The molecule has 6 heteroatoms. The van der Waals surface area contributed by atoms with Gasteiger partial charge in [0.25, 0.3) is 0 Å². The molecule has 0 aromatic heterocycles. The van der Waals surface area contributed by atoms with E-state index in [1.165, 1.54) is 0 Å². The van der Waals surface area contributed by atoms with Crippen molar-refractivity contribution in [1.29, 1.82) is 0 Å². The van der Waals surface area contributed by atoms with E-state index < -0.39 is 11.9 Å². The zero-order chi connectivity index (χ0) is 17.6. The molecule has 0 aliphatic heterocycles. The van der Waals surface area contributed by atoms with Crippen LogP contribution in [0, 0.1) is 6.07 Å². The summed E-state index contributed by atoms with van der Waals surface area (Å²) in [5.41, 5.74) is 1.22. The minimum Gasteiger partial charge on any atom is -0.658 e. The number of benzene rings is 2. The summed E-state index contributed by atoms with van der Waals surface area (Å²) in [6.07, 6.45) is 1.58. The molecular weight excluding hydrogens is 490 g/mol. The molecule has 0 unspecified atom stereocenters. The molecule has 25 heavy (non-hydrogen) atoms. The SMILES string of the molecule is O=C(O)CCCC[N-]Cc1ccc(C(=O)O)cc1.[W+2].[c-]1ccccc1. The number of aromatic carboxylic acids is 1. The van der Waals surface area contributed by atoms with Gasteiger partial charge in [-0.05, 0) is 18.6 Å². The Balaban J connectivity index is 0.000000693. The van der Waals surface area contributed by atoms with E-state index in [1.54, 1.807) is 24.3 Å². The number of unbranched alkanes of at least 4 members (excludes halogenated alkanes) is 1. The fourth-order valence-electron chi connectivity index (χ4n) is 1.80. The molecule has 0 spiro atoms. The number of nitrogens with zero attached hydrogens (tertiary/aromatic N) is 1. The van der Waals surface area contributed by atoms with Gasteiger partial charge >= 0.3 is 33.0 Å². The van der Waals surface area contributed by atoms with Crippen LogP contribution >= 0.6 is 0 Å². The van der Waals surface area contributed by atoms with Crippen LogP contribution < -0.4 is 0 Å². The number of hydrogen-bond donors (Lipinski definition) is 2. The maximum Gasteiger partial charge on any atom is 2.00 e. The van der Waals surface area contributed by atoms with E-state index in [4.69, 9.17) is 10.2 Å². The first-order valence-electron chi connectivity index (χ1n) is 7.68. The van der Waals surface area contributed by atoms with Crippen LogP contribution in [-0.2, 0) is 32.4 Å². The van der Waals surface area contributed by atoms with Crippen LogP contribution in [0.1, 0.15) is 35.2 Å². The van der Waals surface area contributed by atoms with E-state index in [-0.39, 0.29) is 33.0 Å². The van der Waals surface area contributed by atoms with Gasteiger partial charge in [0.2, 0.25) is 0 Å². The van der Waals surface area contributed by atoms with Crippen molar-refractivity contribution in [2.75, 3.05) is 6.54 Å². The molecule has 0 saturated heterocycles. The van der Waals surface area contributed by atoms with Crippen molar-refractivity contribution in [3.05, 3.63) is 77.1 Å². The van der Waals surface area contributed by atoms with Crippen LogP contribution in [0.3, 0.4) is 0 Å². The predicted molar refractivity (Wildman–Crippen MR) is 92.1 cm³/mol. The topological polar surface area (TPSA) is 88.7 Å². The molecular formula is C19H21NO4W. The Morgan fingerprint density at radius 3 is 2.04 bits per heavy atom. The normalized spacial score (nSPS) is 9.28. The predicted octanol–water partition coefficient (Wildman–Crippen LogP) is 4.00. The molecule has 0 bridgehead atoms. The fraction of sp³-hybridized carbons (Fsp3) is 0.263. The molecule has 2 rings (SSSR count). The molecule has 2 aromatic rings. The molecule has 0 fully saturated rings. The number of rotatable bonds is 8. The summed E-state index contributed by atoms with van der Waals surface area (Å²) in [7, 11) is 0. The summed E-state index contributed by atoms with van der Waals surface area (Å²) in [4.78, 5) is 20.9. The average Bonchev–Trinajstić information content (AvgIpc) is 2.60. The zero-order valence-corrected chi connectivity index (χ0v) is 16.7. The van der Waals surface area contributed by atoms with Gasteiger partial charge in [-0.25, -0.2) is 4.79 Å². The number of carbonyl (C=O) groups is 2. The van der Waals surface area contributed by atoms with E-state index >= 15 is 0 Å². The van der Waals surface area contributed by atoms with Gasteiger partial charge in [0, 0.05) is 6.42 Å². The molecule has 0 atom stereocenters. The van der Waals surface area contributed by atoms with Crippen LogP contribution in [-0.4, -0.2) is 28.7 Å². The third-order valence-corrected chi connectivity index (χ3v) is 3.06. The summed E-state index contributed by atoms with van der Waals surface area (Å²) in [6, 6.07) is 19.1. The number of aliphatic carboxylic acids is 1. The summed E-state index contributed by atoms with van der Waals surface area (Å²) in [5, 5.41) is 21.4. The van der Waals surface area contributed by atoms with Crippen molar-refractivity contribution in [1.82, 2.24) is 0 Å². The maximum atomic E-state index is 10.6. The van der Waals surface area contributed by atoms with Gasteiger partial charge in [0.1, 0.15) is 0 Å². The van der Waals surface area contributed by atoms with Crippen molar-refractivity contribution in [3.8, 4) is 0 Å². The first-order chi connectivity index (χ1) is 11.6. The number of carboxylic acid groups (broad SMARTS) is 2. The smallest absolute Gasteiger partial charge is 0.658 e. The second-order valence-electron chi connectivity index (χ2n) is 5.04. The summed E-state index contributed by atoms with van der Waals surface area (Å²) < 4.78 is 0. The summed E-state index contributed by atoms with van der Waals surface area (Å²) in [5.74, 6) is -1.72. The third kappa shape index (κ3) is 12.1. The quantitative estimate of drug-likeness (QED) is 0.415. The number of carboxylic acids is 2. The molecule has 0 heterocycles. The first kappa shape index (κ1) is 23.0. The van der Waals surface area contributed by atoms with Gasteiger partial charge in [-0.2, -0.15) is 36.4 Å². The minimum absolute atomic E-state index is 0. The second-order valence-corrected chi connectivity index (χ2v) is 5.04. The van der Waals surface area contributed by atoms with Gasteiger partial charge in [-0.15, -0.1) is 13.1 Å². The Morgan fingerprint density at radius 1 is 0.960 bits per heavy atom. The molecule has 132 valence electrons. The standard InChI is InChI=1S/C13H16NO4.C6H5.W/c15-12(16)3-1-2-8-14-9-10-4-6-11(7-5-10)13(17)18;1-2-4-6-5-3-1;/h4-7H,1-3,8-9H2,(H,15,16)(H,17,18);1-5H;/q2*-1;+2. The molecule has 2 N–H and O–H groups in total. The Labute approximate surface area is 162 Å². The third-order valence-electron chi connectivity index (χ3n) is 3.06. The minimum atomic E-state index is -0.938. The Kier molecular flexibility index (Phi) is 13.2. The van der Waals surface area contributed by atoms with E-state index in [2.05, 4.69) is 11.4 Å². The van der Waals surface area contributed by atoms with Crippen molar-refractivity contribution in [2.24, 2.45) is 0 Å². The van der Waals surface area contributed by atoms with Gasteiger partial charge in [0.15, 0.2) is 0 Å². The number of hydrogen-bond acceptors (Lipinski definition) is 2. The maximum absolute atomic E-state index is 10.6. The monoisotopic (exact) mass is 511 g/mol. The molecule has 0 radical (unpaired) electrons. The largest absolute Gasteiger partial charge is 2.00 e. The van der Waals surface area contributed by atoms with Crippen LogP contribution in [0.5, 0.6) is 0 Å². The molecule has 0 saturated carbocycles. The second kappa shape index (κ2) is 14.4.